The quantitative estimate of drug-likeness (QED) is 0.669. The van der Waals surface area contributed by atoms with Crippen molar-refractivity contribution in [1.29, 1.82) is 0 Å². The fourth-order valence-corrected chi connectivity index (χ4v) is 2.33. The fraction of sp³-hybridized carbons (Fsp3) is 0.273. The topological polar surface area (TPSA) is 13.1 Å². The zero-order chi connectivity index (χ0) is 9.42. The molecule has 0 unspecified atom stereocenters. The number of aryl methyl sites for hydroxylation is 3. The van der Waals surface area contributed by atoms with Crippen LogP contribution in [0.25, 0.3) is 11.3 Å². The molecule has 2 heterocycles. The van der Waals surface area contributed by atoms with Gasteiger partial charge < -0.3 is 4.42 Å². The maximum atomic E-state index is 5.51. The van der Waals surface area contributed by atoms with E-state index >= 15 is 0 Å². The molecule has 0 atom stereocenters. The minimum atomic E-state index is 0.846. The molecule has 0 aromatic carbocycles. The van der Waals surface area contributed by atoms with Crippen molar-refractivity contribution in [3.63, 3.8) is 0 Å². The van der Waals surface area contributed by atoms with E-state index in [4.69, 9.17) is 4.42 Å². The van der Waals surface area contributed by atoms with E-state index in [9.17, 15) is 0 Å². The lowest BCUT2D eigenvalue weighted by atomic mass is 10.2. The van der Waals surface area contributed by atoms with Crippen LogP contribution in [0.4, 0.5) is 0 Å². The molecule has 0 saturated carbocycles. The first kappa shape index (κ1) is 8.57. The molecule has 0 spiro atoms. The molecular formula is C11H11OS. The van der Waals surface area contributed by atoms with Crippen LogP contribution in [0.1, 0.15) is 15.5 Å². The van der Waals surface area contributed by atoms with Gasteiger partial charge in [0, 0.05) is 21.4 Å². The van der Waals surface area contributed by atoms with Crippen molar-refractivity contribution in [3.8, 4) is 11.3 Å². The van der Waals surface area contributed by atoms with Gasteiger partial charge in [-0.05, 0) is 32.9 Å². The molecule has 0 bridgehead atoms. The van der Waals surface area contributed by atoms with E-state index in [1.54, 1.807) is 11.3 Å². The lowest BCUT2D eigenvalue weighted by Crippen LogP contribution is -1.70. The van der Waals surface area contributed by atoms with E-state index in [1.165, 1.54) is 15.3 Å². The SMILES string of the molecule is Cc1[c]cc(-c2cc(C)sc2C)o1. The number of hydrogen-bond donors (Lipinski definition) is 0. The van der Waals surface area contributed by atoms with Gasteiger partial charge in [0.25, 0.3) is 0 Å². The van der Waals surface area contributed by atoms with Crippen molar-refractivity contribution in [3.05, 3.63) is 33.7 Å². The highest BCUT2D eigenvalue weighted by atomic mass is 32.1. The number of hydrogen-bond acceptors (Lipinski definition) is 2. The Hall–Kier alpha value is -1.02. The van der Waals surface area contributed by atoms with E-state index in [-0.39, 0.29) is 0 Å². The van der Waals surface area contributed by atoms with Crippen molar-refractivity contribution < 1.29 is 4.42 Å². The van der Waals surface area contributed by atoms with Gasteiger partial charge >= 0.3 is 0 Å². The summed E-state index contributed by atoms with van der Waals surface area (Å²) in [6.45, 7) is 6.14. The maximum absolute atomic E-state index is 5.51. The van der Waals surface area contributed by atoms with Gasteiger partial charge in [0.2, 0.25) is 0 Å². The Bertz CT molecular complexity index is 423. The molecule has 0 fully saturated rings. The van der Waals surface area contributed by atoms with Crippen LogP contribution in [-0.2, 0) is 0 Å². The molecule has 0 N–H and O–H groups in total. The molecule has 2 rings (SSSR count). The van der Waals surface area contributed by atoms with Crippen LogP contribution in [-0.4, -0.2) is 0 Å². The van der Waals surface area contributed by atoms with E-state index in [1.807, 2.05) is 13.0 Å². The molecule has 67 valence electrons. The third-order valence-corrected chi connectivity index (χ3v) is 2.94. The first-order chi connectivity index (χ1) is 6.16. The summed E-state index contributed by atoms with van der Waals surface area (Å²) in [7, 11) is 0. The summed E-state index contributed by atoms with van der Waals surface area (Å²) in [6.07, 6.45) is 0. The largest absolute Gasteiger partial charge is 0.461 e. The Morgan fingerprint density at radius 2 is 2.08 bits per heavy atom. The second kappa shape index (κ2) is 3.04. The highest BCUT2D eigenvalue weighted by molar-refractivity contribution is 7.12. The third-order valence-electron chi connectivity index (χ3n) is 1.98. The molecule has 0 amide bonds. The van der Waals surface area contributed by atoms with Gasteiger partial charge in [-0.2, -0.15) is 0 Å². The van der Waals surface area contributed by atoms with Crippen molar-refractivity contribution in [2.75, 3.05) is 0 Å². The Balaban J connectivity index is 2.51. The van der Waals surface area contributed by atoms with Crippen LogP contribution in [0.15, 0.2) is 16.5 Å². The number of furan rings is 1. The Kier molecular flexibility index (Phi) is 2.00. The molecule has 2 aromatic rings. The average Bonchev–Trinajstić information content (AvgIpc) is 2.58. The molecule has 0 aliphatic carbocycles. The minimum absolute atomic E-state index is 0.846. The highest BCUT2D eigenvalue weighted by Gasteiger charge is 2.08. The van der Waals surface area contributed by atoms with Crippen LogP contribution in [0.2, 0.25) is 0 Å². The van der Waals surface area contributed by atoms with Gasteiger partial charge in [-0.15, -0.1) is 11.3 Å². The van der Waals surface area contributed by atoms with E-state index in [2.05, 4.69) is 26.0 Å². The molecular weight excluding hydrogens is 180 g/mol. The smallest absolute Gasteiger partial charge is 0.136 e. The van der Waals surface area contributed by atoms with Crippen molar-refractivity contribution in [1.82, 2.24) is 0 Å². The molecule has 0 aliphatic heterocycles. The van der Waals surface area contributed by atoms with Gasteiger partial charge in [0.15, 0.2) is 0 Å². The van der Waals surface area contributed by atoms with Crippen molar-refractivity contribution in [2.45, 2.75) is 20.8 Å². The molecule has 13 heavy (non-hydrogen) atoms. The highest BCUT2D eigenvalue weighted by Crippen LogP contribution is 2.31. The minimum Gasteiger partial charge on any atom is -0.461 e. The molecule has 1 radical (unpaired) electrons. The van der Waals surface area contributed by atoms with Crippen LogP contribution in [0.3, 0.4) is 0 Å². The van der Waals surface area contributed by atoms with Gasteiger partial charge in [0.1, 0.15) is 11.5 Å². The summed E-state index contributed by atoms with van der Waals surface area (Å²) in [5.74, 6) is 1.78. The van der Waals surface area contributed by atoms with Gasteiger partial charge in [-0.25, -0.2) is 0 Å². The average molecular weight is 191 g/mol. The van der Waals surface area contributed by atoms with Crippen LogP contribution in [0, 0.1) is 26.8 Å². The summed E-state index contributed by atoms with van der Waals surface area (Å²) in [5, 5.41) is 0. The summed E-state index contributed by atoms with van der Waals surface area (Å²) in [4.78, 5) is 2.63. The molecule has 0 aliphatic rings. The monoisotopic (exact) mass is 191 g/mol. The van der Waals surface area contributed by atoms with Gasteiger partial charge in [-0.3, -0.25) is 0 Å². The van der Waals surface area contributed by atoms with E-state index in [0.29, 0.717) is 0 Å². The van der Waals surface area contributed by atoms with Gasteiger partial charge in [0.05, 0.1) is 0 Å². The number of thiophene rings is 1. The molecule has 1 nitrogen and oxygen atoms in total. The van der Waals surface area contributed by atoms with E-state index in [0.717, 1.165) is 11.5 Å². The maximum Gasteiger partial charge on any atom is 0.136 e. The zero-order valence-electron chi connectivity index (χ0n) is 7.97. The second-order valence-corrected chi connectivity index (χ2v) is 4.60. The Morgan fingerprint density at radius 3 is 2.54 bits per heavy atom. The van der Waals surface area contributed by atoms with Crippen LogP contribution in [0.5, 0.6) is 0 Å². The summed E-state index contributed by atoms with van der Waals surface area (Å²) in [6, 6.07) is 7.11. The predicted molar refractivity (Wildman–Crippen MR) is 55.1 cm³/mol. The summed E-state index contributed by atoms with van der Waals surface area (Å²) >= 11 is 1.80. The first-order valence-electron chi connectivity index (χ1n) is 4.22. The van der Waals surface area contributed by atoms with Crippen molar-refractivity contribution >= 4 is 11.3 Å². The Morgan fingerprint density at radius 1 is 1.31 bits per heavy atom. The van der Waals surface area contributed by atoms with Crippen molar-refractivity contribution in [2.24, 2.45) is 0 Å². The number of rotatable bonds is 1. The lowest BCUT2D eigenvalue weighted by Gasteiger charge is -1.92. The second-order valence-electron chi connectivity index (χ2n) is 3.14. The summed E-state index contributed by atoms with van der Waals surface area (Å²) < 4.78 is 5.51. The summed E-state index contributed by atoms with van der Waals surface area (Å²) in [5.41, 5.74) is 1.20. The molecule has 0 saturated heterocycles. The lowest BCUT2D eigenvalue weighted by molar-refractivity contribution is 0.547. The normalized spacial score (nSPS) is 10.7. The Labute approximate surface area is 82.0 Å². The zero-order valence-corrected chi connectivity index (χ0v) is 8.79. The predicted octanol–water partition coefficient (Wildman–Crippen LogP) is 3.73. The first-order valence-corrected chi connectivity index (χ1v) is 5.04. The van der Waals surface area contributed by atoms with Gasteiger partial charge in [-0.1, -0.05) is 0 Å². The molecule has 2 heteroatoms. The van der Waals surface area contributed by atoms with E-state index < -0.39 is 0 Å². The standard InChI is InChI=1S/C11H11OS/c1-7-4-5-11(12-7)10-6-8(2)13-9(10)3/h5-6H,1-3H3. The fourth-order valence-electron chi connectivity index (χ4n) is 1.40. The van der Waals surface area contributed by atoms with Crippen LogP contribution >= 0.6 is 11.3 Å². The van der Waals surface area contributed by atoms with Crippen LogP contribution < -0.4 is 0 Å². The molecule has 2 aromatic heterocycles. The third kappa shape index (κ3) is 1.54.